The Labute approximate surface area is 121 Å². The summed E-state index contributed by atoms with van der Waals surface area (Å²) in [6.45, 7) is 4.59. The topological polar surface area (TPSA) is 40.5 Å². The van der Waals surface area contributed by atoms with Gasteiger partial charge in [0, 0.05) is 10.9 Å². The summed E-state index contributed by atoms with van der Waals surface area (Å²) in [5.74, 6) is -1.65. The van der Waals surface area contributed by atoms with Crippen LogP contribution in [0.5, 0.6) is 0 Å². The lowest BCUT2D eigenvalue weighted by Crippen LogP contribution is -2.31. The molecule has 1 aromatic heterocycles. The third-order valence-corrected chi connectivity index (χ3v) is 3.89. The summed E-state index contributed by atoms with van der Waals surface area (Å²) in [6, 6.07) is 7.98. The van der Waals surface area contributed by atoms with Gasteiger partial charge in [-0.15, -0.1) is 11.3 Å². The van der Waals surface area contributed by atoms with Crippen LogP contribution in [0.15, 0.2) is 35.7 Å². The van der Waals surface area contributed by atoms with Crippen molar-refractivity contribution < 1.29 is 14.3 Å². The van der Waals surface area contributed by atoms with E-state index in [4.69, 9.17) is 0 Å². The number of carboxylic acids is 1. The first kappa shape index (κ1) is 14.5. The molecule has 5 heteroatoms. The van der Waals surface area contributed by atoms with Gasteiger partial charge in [0.1, 0.15) is 5.82 Å². The van der Waals surface area contributed by atoms with Gasteiger partial charge in [-0.05, 0) is 43.5 Å². The van der Waals surface area contributed by atoms with E-state index in [1.54, 1.807) is 11.3 Å². The molecule has 1 heterocycles. The number of halogens is 1. The Kier molecular flexibility index (Phi) is 4.39. The first-order chi connectivity index (χ1) is 9.49. The highest BCUT2D eigenvalue weighted by molar-refractivity contribution is 7.09. The number of thiophene rings is 1. The van der Waals surface area contributed by atoms with E-state index in [-0.39, 0.29) is 11.6 Å². The van der Waals surface area contributed by atoms with E-state index < -0.39 is 11.8 Å². The van der Waals surface area contributed by atoms with Gasteiger partial charge in [0.05, 0.1) is 17.8 Å². The fourth-order valence-corrected chi connectivity index (χ4v) is 2.75. The molecule has 0 aliphatic heterocycles. The Hall–Kier alpha value is -1.88. The van der Waals surface area contributed by atoms with Crippen molar-refractivity contribution in [1.29, 1.82) is 0 Å². The number of rotatable bonds is 5. The maximum absolute atomic E-state index is 13.3. The number of hydrogen-bond donors (Lipinski definition) is 1. The van der Waals surface area contributed by atoms with E-state index in [0.717, 1.165) is 10.9 Å². The van der Waals surface area contributed by atoms with Gasteiger partial charge in [-0.3, -0.25) is 0 Å². The molecule has 0 aliphatic rings. The second kappa shape index (κ2) is 6.05. The van der Waals surface area contributed by atoms with Crippen LogP contribution in [0, 0.1) is 5.82 Å². The molecule has 0 saturated carbocycles. The van der Waals surface area contributed by atoms with Crippen LogP contribution in [0.2, 0.25) is 0 Å². The number of anilines is 1. The van der Waals surface area contributed by atoms with Gasteiger partial charge in [-0.2, -0.15) is 0 Å². The van der Waals surface area contributed by atoms with Gasteiger partial charge in [0.25, 0.3) is 0 Å². The van der Waals surface area contributed by atoms with Gasteiger partial charge in [0.15, 0.2) is 0 Å². The minimum atomic E-state index is -1.11. The largest absolute Gasteiger partial charge is 0.478 e. The summed E-state index contributed by atoms with van der Waals surface area (Å²) < 4.78 is 13.3. The summed E-state index contributed by atoms with van der Waals surface area (Å²) in [7, 11) is 0. The van der Waals surface area contributed by atoms with Crippen LogP contribution in [0.1, 0.15) is 29.1 Å². The second-order valence-corrected chi connectivity index (χ2v) is 5.80. The van der Waals surface area contributed by atoms with E-state index in [2.05, 4.69) is 0 Å². The molecule has 2 rings (SSSR count). The van der Waals surface area contributed by atoms with Crippen molar-refractivity contribution in [3.8, 4) is 0 Å². The van der Waals surface area contributed by atoms with Gasteiger partial charge < -0.3 is 10.0 Å². The zero-order valence-corrected chi connectivity index (χ0v) is 12.2. The second-order valence-electron chi connectivity index (χ2n) is 4.77. The lowest BCUT2D eigenvalue weighted by Gasteiger charge is -2.29. The third-order valence-electron chi connectivity index (χ3n) is 3.03. The number of benzene rings is 1. The SMILES string of the molecule is CC(C)N(Cc1cccs1)c1ccc(F)cc1C(=O)O. The van der Waals surface area contributed by atoms with Gasteiger partial charge in [-0.1, -0.05) is 6.07 Å². The fourth-order valence-electron chi connectivity index (χ4n) is 2.05. The number of carboxylic acid groups (broad SMARTS) is 1. The molecule has 0 atom stereocenters. The van der Waals surface area contributed by atoms with Gasteiger partial charge in [-0.25, -0.2) is 9.18 Å². The maximum Gasteiger partial charge on any atom is 0.337 e. The first-order valence-electron chi connectivity index (χ1n) is 6.31. The van der Waals surface area contributed by atoms with Crippen LogP contribution in [0.3, 0.4) is 0 Å². The lowest BCUT2D eigenvalue weighted by molar-refractivity contribution is 0.0697. The van der Waals surface area contributed by atoms with Crippen molar-refractivity contribution >= 4 is 23.0 Å². The summed E-state index contributed by atoms with van der Waals surface area (Å²) in [6.07, 6.45) is 0. The molecule has 0 radical (unpaired) electrons. The van der Waals surface area contributed by atoms with Crippen LogP contribution < -0.4 is 4.90 Å². The van der Waals surface area contributed by atoms with Crippen LogP contribution in [-0.2, 0) is 6.54 Å². The summed E-state index contributed by atoms with van der Waals surface area (Å²) >= 11 is 1.62. The van der Waals surface area contributed by atoms with Crippen molar-refractivity contribution in [2.24, 2.45) is 0 Å². The Bertz CT molecular complexity index is 596. The standard InChI is InChI=1S/C15H16FNO2S/c1-10(2)17(9-12-4-3-7-20-12)14-6-5-11(16)8-13(14)15(18)19/h3-8,10H,9H2,1-2H3,(H,18,19). The summed E-state index contributed by atoms with van der Waals surface area (Å²) in [5, 5.41) is 11.2. The van der Waals surface area contributed by atoms with Crippen molar-refractivity contribution in [3.05, 3.63) is 52.0 Å². The van der Waals surface area contributed by atoms with E-state index in [1.165, 1.54) is 12.1 Å². The number of carbonyl (C=O) groups is 1. The van der Waals surface area contributed by atoms with Crippen LogP contribution in [0.4, 0.5) is 10.1 Å². The third kappa shape index (κ3) is 3.17. The molecule has 1 aromatic carbocycles. The lowest BCUT2D eigenvalue weighted by atomic mass is 10.1. The molecule has 1 N–H and O–H groups in total. The average molecular weight is 293 g/mol. The Morgan fingerprint density at radius 2 is 2.15 bits per heavy atom. The Morgan fingerprint density at radius 1 is 1.40 bits per heavy atom. The Balaban J connectivity index is 2.41. The van der Waals surface area contributed by atoms with Crippen LogP contribution in [0.25, 0.3) is 0 Å². The normalized spacial score (nSPS) is 10.8. The minimum Gasteiger partial charge on any atom is -0.478 e. The van der Waals surface area contributed by atoms with Gasteiger partial charge in [0.2, 0.25) is 0 Å². The highest BCUT2D eigenvalue weighted by Crippen LogP contribution is 2.26. The number of nitrogens with zero attached hydrogens (tertiary/aromatic N) is 1. The van der Waals surface area contributed by atoms with Crippen molar-refractivity contribution in [2.75, 3.05) is 4.90 Å². The molecule has 3 nitrogen and oxygen atoms in total. The molecular weight excluding hydrogens is 277 g/mol. The minimum absolute atomic E-state index is 0.00439. The molecule has 0 fully saturated rings. The zero-order valence-electron chi connectivity index (χ0n) is 11.3. The summed E-state index contributed by atoms with van der Waals surface area (Å²) in [4.78, 5) is 14.4. The molecule has 0 amide bonds. The first-order valence-corrected chi connectivity index (χ1v) is 7.19. The molecule has 0 aliphatic carbocycles. The Morgan fingerprint density at radius 3 is 2.70 bits per heavy atom. The molecule has 0 bridgehead atoms. The van der Waals surface area contributed by atoms with E-state index in [1.807, 2.05) is 36.3 Å². The van der Waals surface area contributed by atoms with Crippen LogP contribution >= 0.6 is 11.3 Å². The predicted molar refractivity (Wildman–Crippen MR) is 79.0 cm³/mol. The molecule has 2 aromatic rings. The maximum atomic E-state index is 13.3. The molecule has 0 unspecified atom stereocenters. The monoisotopic (exact) mass is 293 g/mol. The fraction of sp³-hybridized carbons (Fsp3) is 0.267. The average Bonchev–Trinajstić information content (AvgIpc) is 2.89. The molecule has 0 saturated heterocycles. The summed E-state index contributed by atoms with van der Waals surface area (Å²) in [5.41, 5.74) is 0.539. The predicted octanol–water partition coefficient (Wildman–Crippen LogP) is 4.00. The number of hydrogen-bond acceptors (Lipinski definition) is 3. The zero-order chi connectivity index (χ0) is 14.7. The van der Waals surface area contributed by atoms with E-state index in [9.17, 15) is 14.3 Å². The number of aromatic carboxylic acids is 1. The van der Waals surface area contributed by atoms with E-state index >= 15 is 0 Å². The van der Waals surface area contributed by atoms with Crippen molar-refractivity contribution in [1.82, 2.24) is 0 Å². The molecular formula is C15H16FNO2S. The molecule has 20 heavy (non-hydrogen) atoms. The molecule has 0 spiro atoms. The highest BCUT2D eigenvalue weighted by Gasteiger charge is 2.19. The van der Waals surface area contributed by atoms with Crippen molar-refractivity contribution in [3.63, 3.8) is 0 Å². The van der Waals surface area contributed by atoms with Crippen LogP contribution in [-0.4, -0.2) is 17.1 Å². The smallest absolute Gasteiger partial charge is 0.337 e. The quantitative estimate of drug-likeness (QED) is 0.905. The van der Waals surface area contributed by atoms with E-state index in [0.29, 0.717) is 12.2 Å². The molecule has 106 valence electrons. The van der Waals surface area contributed by atoms with Crippen molar-refractivity contribution in [2.45, 2.75) is 26.4 Å². The highest BCUT2D eigenvalue weighted by atomic mass is 32.1. The van der Waals surface area contributed by atoms with Gasteiger partial charge >= 0.3 is 5.97 Å².